The number of furan rings is 1. The highest BCUT2D eigenvalue weighted by Gasteiger charge is 2.01. The Balaban J connectivity index is 1.88. The SMILES string of the molecule is NC(=S)N/N=C/c1ccc(COc2ccc(Br)cc2)o1. The molecule has 1 heterocycles. The Labute approximate surface area is 129 Å². The molecule has 1 aromatic carbocycles. The Morgan fingerprint density at radius 1 is 1.35 bits per heavy atom. The molecule has 0 atom stereocenters. The van der Waals surface area contributed by atoms with Crippen molar-refractivity contribution >= 4 is 39.5 Å². The van der Waals surface area contributed by atoms with Crippen LogP contribution in [-0.4, -0.2) is 11.3 Å². The number of ether oxygens (including phenoxy) is 1. The van der Waals surface area contributed by atoms with Gasteiger partial charge in [-0.25, -0.2) is 0 Å². The number of hydrogen-bond donors (Lipinski definition) is 2. The first-order valence-electron chi connectivity index (χ1n) is 5.69. The van der Waals surface area contributed by atoms with Crippen molar-refractivity contribution < 1.29 is 9.15 Å². The molecule has 1 aromatic heterocycles. The van der Waals surface area contributed by atoms with Crippen LogP contribution in [0.3, 0.4) is 0 Å². The maximum Gasteiger partial charge on any atom is 0.184 e. The topological polar surface area (TPSA) is 72.8 Å². The fourth-order valence-electron chi connectivity index (χ4n) is 1.39. The summed E-state index contributed by atoms with van der Waals surface area (Å²) in [5, 5.41) is 3.90. The predicted molar refractivity (Wildman–Crippen MR) is 84.7 cm³/mol. The number of thiocarbonyl (C=S) groups is 1. The van der Waals surface area contributed by atoms with E-state index in [9.17, 15) is 0 Å². The molecule has 0 fully saturated rings. The van der Waals surface area contributed by atoms with Gasteiger partial charge in [0.15, 0.2) is 5.11 Å². The van der Waals surface area contributed by atoms with E-state index in [1.807, 2.05) is 30.3 Å². The van der Waals surface area contributed by atoms with Crippen LogP contribution >= 0.6 is 28.1 Å². The summed E-state index contributed by atoms with van der Waals surface area (Å²) < 4.78 is 12.1. The quantitative estimate of drug-likeness (QED) is 0.491. The van der Waals surface area contributed by atoms with Gasteiger partial charge in [-0.05, 0) is 48.6 Å². The lowest BCUT2D eigenvalue weighted by Crippen LogP contribution is -2.23. The Morgan fingerprint density at radius 3 is 2.80 bits per heavy atom. The van der Waals surface area contributed by atoms with Crippen LogP contribution in [0.2, 0.25) is 0 Å². The van der Waals surface area contributed by atoms with Gasteiger partial charge < -0.3 is 14.9 Å². The van der Waals surface area contributed by atoms with Crippen molar-refractivity contribution in [1.82, 2.24) is 5.43 Å². The molecular formula is C13H12BrN3O2S. The standard InChI is InChI=1S/C13H12BrN3O2S/c14-9-1-3-10(4-2-9)18-8-12-6-5-11(19-12)7-16-17-13(15)20/h1-7H,8H2,(H3,15,17,20)/b16-7+. The van der Waals surface area contributed by atoms with Crippen LogP contribution in [0.15, 0.2) is 50.4 Å². The van der Waals surface area contributed by atoms with E-state index < -0.39 is 0 Å². The molecule has 5 nitrogen and oxygen atoms in total. The lowest BCUT2D eigenvalue weighted by atomic mass is 10.3. The van der Waals surface area contributed by atoms with Crippen LogP contribution in [0.25, 0.3) is 0 Å². The van der Waals surface area contributed by atoms with Crippen molar-refractivity contribution in [3.05, 3.63) is 52.4 Å². The highest BCUT2D eigenvalue weighted by atomic mass is 79.9. The van der Waals surface area contributed by atoms with Gasteiger partial charge in [-0.15, -0.1) is 0 Å². The molecule has 2 rings (SSSR count). The number of nitrogens with two attached hydrogens (primary N) is 1. The number of rotatable bonds is 5. The normalized spacial score (nSPS) is 10.7. The van der Waals surface area contributed by atoms with E-state index in [1.54, 1.807) is 6.07 Å². The molecule has 0 amide bonds. The summed E-state index contributed by atoms with van der Waals surface area (Å²) in [4.78, 5) is 0. The molecule has 0 aliphatic carbocycles. The number of hydrazone groups is 1. The number of hydrogen-bond acceptors (Lipinski definition) is 4. The van der Waals surface area contributed by atoms with E-state index in [0.717, 1.165) is 10.2 Å². The van der Waals surface area contributed by atoms with Crippen molar-refractivity contribution in [2.75, 3.05) is 0 Å². The average Bonchev–Trinajstić information content (AvgIpc) is 2.86. The lowest BCUT2D eigenvalue weighted by molar-refractivity contribution is 0.270. The second-order valence-electron chi connectivity index (χ2n) is 3.78. The summed E-state index contributed by atoms with van der Waals surface area (Å²) in [5.74, 6) is 2.06. The number of nitrogens with one attached hydrogen (secondary N) is 1. The lowest BCUT2D eigenvalue weighted by Gasteiger charge is -2.03. The predicted octanol–water partition coefficient (Wildman–Crippen LogP) is 2.79. The van der Waals surface area contributed by atoms with Crippen LogP contribution in [0.1, 0.15) is 11.5 Å². The molecule has 0 unspecified atom stereocenters. The van der Waals surface area contributed by atoms with E-state index in [4.69, 9.17) is 14.9 Å². The zero-order valence-electron chi connectivity index (χ0n) is 10.4. The van der Waals surface area contributed by atoms with E-state index in [2.05, 4.69) is 38.7 Å². The summed E-state index contributed by atoms with van der Waals surface area (Å²) in [5.41, 5.74) is 7.69. The summed E-state index contributed by atoms with van der Waals surface area (Å²) in [7, 11) is 0. The third-order valence-electron chi connectivity index (χ3n) is 2.24. The average molecular weight is 354 g/mol. The summed E-state index contributed by atoms with van der Waals surface area (Å²) in [6.07, 6.45) is 1.49. The highest BCUT2D eigenvalue weighted by Crippen LogP contribution is 2.17. The van der Waals surface area contributed by atoms with Gasteiger partial charge in [0.2, 0.25) is 0 Å². The smallest absolute Gasteiger partial charge is 0.184 e. The van der Waals surface area contributed by atoms with Crippen molar-refractivity contribution in [3.8, 4) is 5.75 Å². The number of benzene rings is 1. The number of nitrogens with zero attached hydrogens (tertiary/aromatic N) is 1. The minimum atomic E-state index is 0.103. The van der Waals surface area contributed by atoms with Crippen LogP contribution in [0.4, 0.5) is 0 Å². The number of halogens is 1. The second kappa shape index (κ2) is 7.06. The maximum absolute atomic E-state index is 5.59. The first-order valence-corrected chi connectivity index (χ1v) is 6.89. The van der Waals surface area contributed by atoms with Gasteiger partial charge in [0.1, 0.15) is 23.9 Å². The summed E-state index contributed by atoms with van der Waals surface area (Å²) in [6.45, 7) is 0.345. The maximum atomic E-state index is 5.59. The molecule has 104 valence electrons. The van der Waals surface area contributed by atoms with Crippen molar-refractivity contribution in [1.29, 1.82) is 0 Å². The molecule has 0 saturated heterocycles. The monoisotopic (exact) mass is 353 g/mol. The van der Waals surface area contributed by atoms with Crippen molar-refractivity contribution in [2.24, 2.45) is 10.8 Å². The van der Waals surface area contributed by atoms with Gasteiger partial charge in [0, 0.05) is 4.47 Å². The Bertz CT molecular complexity index is 610. The highest BCUT2D eigenvalue weighted by molar-refractivity contribution is 9.10. The fourth-order valence-corrected chi connectivity index (χ4v) is 1.70. The van der Waals surface area contributed by atoms with E-state index in [1.165, 1.54) is 6.21 Å². The molecule has 0 spiro atoms. The molecule has 0 aliphatic heterocycles. The van der Waals surface area contributed by atoms with Gasteiger partial charge in [-0.2, -0.15) is 5.10 Å². The van der Waals surface area contributed by atoms with E-state index in [-0.39, 0.29) is 5.11 Å². The summed E-state index contributed by atoms with van der Waals surface area (Å²) >= 11 is 7.99. The Kier molecular flexibility index (Phi) is 5.14. The first-order chi connectivity index (χ1) is 9.63. The van der Waals surface area contributed by atoms with Gasteiger partial charge in [0.05, 0.1) is 6.21 Å². The molecule has 20 heavy (non-hydrogen) atoms. The fraction of sp³-hybridized carbons (Fsp3) is 0.0769. The molecule has 0 aliphatic rings. The van der Waals surface area contributed by atoms with E-state index >= 15 is 0 Å². The van der Waals surface area contributed by atoms with Crippen molar-refractivity contribution in [2.45, 2.75) is 6.61 Å². The third kappa shape index (κ3) is 4.67. The molecule has 7 heteroatoms. The zero-order valence-corrected chi connectivity index (χ0v) is 12.8. The Morgan fingerprint density at radius 2 is 2.10 bits per heavy atom. The van der Waals surface area contributed by atoms with Crippen LogP contribution in [0, 0.1) is 0 Å². The van der Waals surface area contributed by atoms with Crippen LogP contribution in [0.5, 0.6) is 5.75 Å². The zero-order chi connectivity index (χ0) is 14.4. The van der Waals surface area contributed by atoms with Gasteiger partial charge in [-0.1, -0.05) is 15.9 Å². The van der Waals surface area contributed by atoms with Gasteiger partial charge in [-0.3, -0.25) is 5.43 Å². The third-order valence-corrected chi connectivity index (χ3v) is 2.86. The minimum Gasteiger partial charge on any atom is -0.486 e. The minimum absolute atomic E-state index is 0.103. The Hall–Kier alpha value is -1.86. The van der Waals surface area contributed by atoms with E-state index in [0.29, 0.717) is 18.1 Å². The van der Waals surface area contributed by atoms with Crippen LogP contribution < -0.4 is 15.9 Å². The van der Waals surface area contributed by atoms with Gasteiger partial charge in [0.25, 0.3) is 0 Å². The van der Waals surface area contributed by atoms with Crippen LogP contribution in [-0.2, 0) is 6.61 Å². The summed E-state index contributed by atoms with van der Waals surface area (Å²) in [6, 6.07) is 11.2. The molecule has 0 radical (unpaired) electrons. The molecule has 3 N–H and O–H groups in total. The molecule has 0 saturated carbocycles. The molecular weight excluding hydrogens is 342 g/mol. The first kappa shape index (κ1) is 14.5. The molecule has 0 bridgehead atoms. The largest absolute Gasteiger partial charge is 0.486 e. The van der Waals surface area contributed by atoms with Crippen molar-refractivity contribution in [3.63, 3.8) is 0 Å². The van der Waals surface area contributed by atoms with Gasteiger partial charge >= 0.3 is 0 Å². The molecule has 2 aromatic rings. The second-order valence-corrected chi connectivity index (χ2v) is 5.14.